The van der Waals surface area contributed by atoms with Crippen LogP contribution in [0.1, 0.15) is 11.1 Å². The number of hydrogen-bond acceptors (Lipinski definition) is 0. The van der Waals surface area contributed by atoms with E-state index in [0.29, 0.717) is 0 Å². The summed E-state index contributed by atoms with van der Waals surface area (Å²) in [5.74, 6) is 0. The second-order valence-corrected chi connectivity index (χ2v) is 16.9. The van der Waals surface area contributed by atoms with Gasteiger partial charge in [-0.25, -0.2) is 0 Å². The van der Waals surface area contributed by atoms with Gasteiger partial charge in [0.2, 0.25) is 0 Å². The molecule has 0 saturated carbocycles. The zero-order chi connectivity index (χ0) is 29.3. The monoisotopic (exact) mass is 656 g/mol. The quantitative estimate of drug-likeness (QED) is 0.131. The van der Waals surface area contributed by atoms with Crippen LogP contribution in [0.25, 0.3) is 65.3 Å². The smallest absolute Gasteiger partial charge is 0.158 e. The third-order valence-electron chi connectivity index (χ3n) is 9.60. The SMILES string of the molecule is Cc1[cH-]c2cccc(-c3ccc4ccccc4c3)c2c1[Si](C)(C)c1c(C)[cH-]c2cccc(-c3ccc4ccccc4c3)c12.[Zr+2]. The van der Waals surface area contributed by atoms with Crippen molar-refractivity contribution in [1.82, 2.24) is 0 Å². The summed E-state index contributed by atoms with van der Waals surface area (Å²) < 4.78 is 0. The molecule has 44 heavy (non-hydrogen) atoms. The van der Waals surface area contributed by atoms with E-state index in [-0.39, 0.29) is 26.2 Å². The molecule has 0 heterocycles. The van der Waals surface area contributed by atoms with Gasteiger partial charge in [0.05, 0.1) is 0 Å². The van der Waals surface area contributed by atoms with Gasteiger partial charge in [-0.05, 0) is 44.8 Å². The van der Waals surface area contributed by atoms with E-state index in [4.69, 9.17) is 0 Å². The van der Waals surface area contributed by atoms with Crippen LogP contribution in [0.2, 0.25) is 13.1 Å². The molecular formula is C42H34SiZr. The third kappa shape index (κ3) is 4.50. The second-order valence-electron chi connectivity index (χ2n) is 12.7. The van der Waals surface area contributed by atoms with Crippen LogP contribution in [-0.2, 0) is 26.2 Å². The van der Waals surface area contributed by atoms with E-state index in [9.17, 15) is 0 Å². The van der Waals surface area contributed by atoms with Crippen molar-refractivity contribution in [2.45, 2.75) is 26.9 Å². The van der Waals surface area contributed by atoms with Gasteiger partial charge in [0, 0.05) is 8.07 Å². The van der Waals surface area contributed by atoms with Gasteiger partial charge in [0.15, 0.2) is 0 Å². The molecule has 0 amide bonds. The molecule has 210 valence electrons. The average molecular weight is 658 g/mol. The van der Waals surface area contributed by atoms with Gasteiger partial charge in [-0.15, -0.1) is 69.1 Å². The Morgan fingerprint density at radius 1 is 0.455 bits per heavy atom. The summed E-state index contributed by atoms with van der Waals surface area (Å²) in [6.07, 6.45) is 0. The molecule has 8 aromatic rings. The Labute approximate surface area is 279 Å². The van der Waals surface area contributed by atoms with Crippen LogP contribution in [0.15, 0.2) is 133 Å². The first kappa shape index (κ1) is 28.9. The fourth-order valence-electron chi connectivity index (χ4n) is 7.87. The fourth-order valence-corrected chi connectivity index (χ4v) is 12.0. The number of fused-ring (bicyclic) bond motifs is 4. The van der Waals surface area contributed by atoms with Crippen molar-refractivity contribution in [2.75, 3.05) is 0 Å². The van der Waals surface area contributed by atoms with Crippen molar-refractivity contribution < 1.29 is 26.2 Å². The Balaban J connectivity index is 0.00000312. The summed E-state index contributed by atoms with van der Waals surface area (Å²) in [4.78, 5) is 0. The van der Waals surface area contributed by atoms with Gasteiger partial charge in [0.1, 0.15) is 0 Å². The van der Waals surface area contributed by atoms with Crippen LogP contribution in [0.4, 0.5) is 0 Å². The van der Waals surface area contributed by atoms with Crippen LogP contribution >= 0.6 is 0 Å². The van der Waals surface area contributed by atoms with Gasteiger partial charge in [-0.1, -0.05) is 123 Å². The van der Waals surface area contributed by atoms with E-state index in [1.165, 1.54) is 76.5 Å². The molecule has 0 aromatic heterocycles. The summed E-state index contributed by atoms with van der Waals surface area (Å²) in [5, 5.41) is 13.8. The molecule has 0 aliphatic rings. The molecule has 8 rings (SSSR count). The van der Waals surface area contributed by atoms with E-state index in [1.807, 2.05) is 0 Å². The Kier molecular flexibility index (Phi) is 7.19. The van der Waals surface area contributed by atoms with E-state index < -0.39 is 8.07 Å². The second kappa shape index (κ2) is 11.0. The van der Waals surface area contributed by atoms with Crippen molar-refractivity contribution in [3.63, 3.8) is 0 Å². The number of hydrogen-bond donors (Lipinski definition) is 0. The van der Waals surface area contributed by atoms with Crippen molar-refractivity contribution in [3.05, 3.63) is 145 Å². The maximum atomic E-state index is 2.57. The number of aryl methyl sites for hydroxylation is 2. The van der Waals surface area contributed by atoms with Crippen molar-refractivity contribution >= 4 is 61.5 Å². The molecule has 0 bridgehead atoms. The average Bonchev–Trinajstić information content (AvgIpc) is 3.56. The molecule has 0 aliphatic heterocycles. The van der Waals surface area contributed by atoms with Crippen molar-refractivity contribution in [1.29, 1.82) is 0 Å². The van der Waals surface area contributed by atoms with Gasteiger partial charge >= 0.3 is 26.2 Å². The van der Waals surface area contributed by atoms with Crippen molar-refractivity contribution in [2.24, 2.45) is 0 Å². The van der Waals surface area contributed by atoms with E-state index >= 15 is 0 Å². The third-order valence-corrected chi connectivity index (χ3v) is 13.4. The standard InChI is InChI=1S/C42H34Si.Zr/c1-27-23-35-15-9-17-37(33-21-19-29-11-5-7-13-31(29)25-33)39(35)41(27)43(3,4)42-28(2)24-36-16-10-18-38(40(36)42)34-22-20-30-12-6-8-14-32(30)26-34;/h5-26H,1-4H3;/q-2;+2. The molecule has 0 unspecified atom stereocenters. The van der Waals surface area contributed by atoms with Crippen LogP contribution < -0.4 is 10.4 Å². The molecule has 0 fully saturated rings. The molecular weight excluding hydrogens is 624 g/mol. The zero-order valence-corrected chi connectivity index (χ0v) is 29.2. The minimum absolute atomic E-state index is 0. The molecule has 8 aromatic carbocycles. The predicted molar refractivity (Wildman–Crippen MR) is 191 cm³/mol. The molecule has 0 atom stereocenters. The van der Waals surface area contributed by atoms with E-state index in [1.54, 1.807) is 10.4 Å². The Bertz CT molecular complexity index is 2180. The summed E-state index contributed by atoms with van der Waals surface area (Å²) >= 11 is 0. The summed E-state index contributed by atoms with van der Waals surface area (Å²) in [6.45, 7) is 9.81. The van der Waals surface area contributed by atoms with E-state index in [2.05, 4.69) is 160 Å². The van der Waals surface area contributed by atoms with Crippen LogP contribution in [0.3, 0.4) is 0 Å². The minimum atomic E-state index is -2.20. The molecule has 0 nitrogen and oxygen atoms in total. The van der Waals surface area contributed by atoms with Gasteiger partial charge in [-0.3, -0.25) is 0 Å². The van der Waals surface area contributed by atoms with Gasteiger partial charge < -0.3 is 0 Å². The minimum Gasteiger partial charge on any atom is -0.158 e. The molecule has 0 radical (unpaired) electrons. The molecule has 0 aliphatic carbocycles. The van der Waals surface area contributed by atoms with Crippen molar-refractivity contribution in [3.8, 4) is 22.3 Å². The largest absolute Gasteiger partial charge is 2.00 e. The first-order valence-electron chi connectivity index (χ1n) is 15.3. The van der Waals surface area contributed by atoms with E-state index in [0.717, 1.165) is 0 Å². The Hall–Kier alpha value is -3.84. The summed E-state index contributed by atoms with van der Waals surface area (Å²) in [7, 11) is -2.20. The first-order chi connectivity index (χ1) is 20.9. The predicted octanol–water partition coefficient (Wildman–Crippen LogP) is 10.5. The topological polar surface area (TPSA) is 0 Å². The van der Waals surface area contributed by atoms with Gasteiger partial charge in [-0.2, -0.15) is 10.4 Å². The van der Waals surface area contributed by atoms with Crippen LogP contribution in [0, 0.1) is 13.8 Å². The summed E-state index contributed by atoms with van der Waals surface area (Å²) in [5.41, 5.74) is 8.10. The maximum Gasteiger partial charge on any atom is 2.00 e. The molecule has 2 heteroatoms. The fraction of sp³-hybridized carbons (Fsp3) is 0.0952. The Morgan fingerprint density at radius 3 is 1.30 bits per heavy atom. The molecule has 0 N–H and O–H groups in total. The molecule has 0 saturated heterocycles. The Morgan fingerprint density at radius 2 is 0.864 bits per heavy atom. The number of rotatable bonds is 4. The number of benzene rings is 6. The first-order valence-corrected chi connectivity index (χ1v) is 18.3. The van der Waals surface area contributed by atoms with Crippen LogP contribution in [0.5, 0.6) is 0 Å². The van der Waals surface area contributed by atoms with Crippen LogP contribution in [-0.4, -0.2) is 8.07 Å². The normalized spacial score (nSPS) is 11.9. The zero-order valence-electron chi connectivity index (χ0n) is 25.7. The molecule has 0 spiro atoms. The maximum absolute atomic E-state index is 2.57. The van der Waals surface area contributed by atoms with Gasteiger partial charge in [0.25, 0.3) is 0 Å². The summed E-state index contributed by atoms with van der Waals surface area (Å²) in [6, 6.07) is 49.8.